The minimum Gasteiger partial charge on any atom is -0.459 e. The van der Waals surface area contributed by atoms with Crippen LogP contribution in [-0.2, 0) is 9.53 Å². The van der Waals surface area contributed by atoms with Crippen LogP contribution in [0.15, 0.2) is 0 Å². The molecule has 0 saturated carbocycles. The number of halogens is 3. The second kappa shape index (κ2) is 6.76. The van der Waals surface area contributed by atoms with Gasteiger partial charge in [0.25, 0.3) is 0 Å². The Labute approximate surface area is 117 Å². The summed E-state index contributed by atoms with van der Waals surface area (Å²) in [6.45, 7) is 5.41. The molecule has 1 fully saturated rings. The zero-order valence-corrected chi connectivity index (χ0v) is 12.2. The maximum atomic E-state index is 12.2. The Balaban J connectivity index is 2.21. The molecule has 1 N–H and O–H groups in total. The molecular formula is C13H23F3N2O2. The number of carbonyl (C=O) groups excluding carboxylic acids is 1. The number of esters is 1. The molecule has 0 aromatic heterocycles. The quantitative estimate of drug-likeness (QED) is 0.805. The summed E-state index contributed by atoms with van der Waals surface area (Å²) in [7, 11) is 0. The van der Waals surface area contributed by atoms with Crippen molar-refractivity contribution in [1.29, 1.82) is 0 Å². The number of likely N-dealkylation sites (tertiary alicyclic amines) is 1. The van der Waals surface area contributed by atoms with E-state index >= 15 is 0 Å². The molecule has 1 aliphatic heterocycles. The number of alkyl halides is 3. The van der Waals surface area contributed by atoms with Crippen LogP contribution >= 0.6 is 0 Å². The van der Waals surface area contributed by atoms with Crippen molar-refractivity contribution >= 4 is 5.97 Å². The fourth-order valence-corrected chi connectivity index (χ4v) is 2.15. The fourth-order valence-electron chi connectivity index (χ4n) is 2.15. The maximum Gasteiger partial charge on any atom is 0.401 e. The third kappa shape index (κ3) is 7.69. The third-order valence-corrected chi connectivity index (χ3v) is 2.95. The van der Waals surface area contributed by atoms with Gasteiger partial charge >= 0.3 is 12.1 Å². The van der Waals surface area contributed by atoms with E-state index < -0.39 is 18.3 Å². The molecule has 0 aromatic carbocycles. The Kier molecular flexibility index (Phi) is 5.82. The van der Waals surface area contributed by atoms with Gasteiger partial charge in [-0.1, -0.05) is 0 Å². The highest BCUT2D eigenvalue weighted by Crippen LogP contribution is 2.19. The van der Waals surface area contributed by atoms with Crippen LogP contribution in [0, 0.1) is 0 Å². The van der Waals surface area contributed by atoms with E-state index in [0.717, 1.165) is 0 Å². The zero-order chi connectivity index (χ0) is 15.4. The summed E-state index contributed by atoms with van der Waals surface area (Å²) in [5.41, 5.74) is -0.519. The summed E-state index contributed by atoms with van der Waals surface area (Å²) >= 11 is 0. The van der Waals surface area contributed by atoms with Gasteiger partial charge in [-0.2, -0.15) is 13.2 Å². The highest BCUT2D eigenvalue weighted by Gasteiger charge is 2.32. The predicted molar refractivity (Wildman–Crippen MR) is 69.4 cm³/mol. The van der Waals surface area contributed by atoms with Crippen molar-refractivity contribution in [2.75, 3.05) is 26.2 Å². The van der Waals surface area contributed by atoms with Gasteiger partial charge in [0.2, 0.25) is 0 Å². The first kappa shape index (κ1) is 17.2. The SMILES string of the molecule is CC(C)(C)OC(=O)CNC1CCN(CC(F)(F)F)CC1. The van der Waals surface area contributed by atoms with Crippen LogP contribution in [0.4, 0.5) is 13.2 Å². The van der Waals surface area contributed by atoms with Crippen LogP contribution in [0.1, 0.15) is 33.6 Å². The highest BCUT2D eigenvalue weighted by molar-refractivity contribution is 5.72. The molecule has 0 unspecified atom stereocenters. The number of piperidine rings is 1. The van der Waals surface area contributed by atoms with Crippen molar-refractivity contribution < 1.29 is 22.7 Å². The third-order valence-electron chi connectivity index (χ3n) is 2.95. The molecule has 1 heterocycles. The molecular weight excluding hydrogens is 273 g/mol. The van der Waals surface area contributed by atoms with Crippen molar-refractivity contribution in [3.05, 3.63) is 0 Å². The Morgan fingerprint density at radius 2 is 1.80 bits per heavy atom. The summed E-state index contributed by atoms with van der Waals surface area (Å²) < 4.78 is 41.8. The largest absolute Gasteiger partial charge is 0.459 e. The van der Waals surface area contributed by atoms with Crippen LogP contribution in [0.25, 0.3) is 0 Å². The van der Waals surface area contributed by atoms with Gasteiger partial charge in [-0.25, -0.2) is 0 Å². The summed E-state index contributed by atoms with van der Waals surface area (Å²) in [6, 6.07) is 0.0759. The second-order valence-electron chi connectivity index (χ2n) is 6.13. The van der Waals surface area contributed by atoms with E-state index in [1.54, 1.807) is 20.8 Å². The van der Waals surface area contributed by atoms with Crippen LogP contribution in [-0.4, -0.2) is 54.9 Å². The molecule has 118 valence electrons. The first-order valence-electron chi connectivity index (χ1n) is 6.79. The van der Waals surface area contributed by atoms with E-state index in [0.29, 0.717) is 25.9 Å². The van der Waals surface area contributed by atoms with Crippen LogP contribution in [0.3, 0.4) is 0 Å². The van der Waals surface area contributed by atoms with Gasteiger partial charge in [0.1, 0.15) is 5.60 Å². The number of carbonyl (C=O) groups is 1. The smallest absolute Gasteiger partial charge is 0.401 e. The zero-order valence-electron chi connectivity index (χ0n) is 12.2. The molecule has 4 nitrogen and oxygen atoms in total. The Morgan fingerprint density at radius 3 is 2.25 bits per heavy atom. The molecule has 20 heavy (non-hydrogen) atoms. The van der Waals surface area contributed by atoms with Crippen molar-refractivity contribution in [3.63, 3.8) is 0 Å². The Hall–Kier alpha value is -0.820. The molecule has 0 amide bonds. The van der Waals surface area contributed by atoms with Gasteiger partial charge < -0.3 is 10.1 Å². The molecule has 0 bridgehead atoms. The van der Waals surface area contributed by atoms with E-state index in [9.17, 15) is 18.0 Å². The van der Waals surface area contributed by atoms with Crippen LogP contribution in [0.5, 0.6) is 0 Å². The minimum atomic E-state index is -4.14. The highest BCUT2D eigenvalue weighted by atomic mass is 19.4. The average molecular weight is 296 g/mol. The van der Waals surface area contributed by atoms with Gasteiger partial charge in [0.05, 0.1) is 13.1 Å². The Morgan fingerprint density at radius 1 is 1.25 bits per heavy atom. The number of nitrogens with zero attached hydrogens (tertiary/aromatic N) is 1. The van der Waals surface area contributed by atoms with E-state index in [1.807, 2.05) is 0 Å². The molecule has 1 saturated heterocycles. The van der Waals surface area contributed by atoms with Gasteiger partial charge in [0, 0.05) is 6.04 Å². The van der Waals surface area contributed by atoms with E-state index in [2.05, 4.69) is 5.32 Å². The van der Waals surface area contributed by atoms with Gasteiger partial charge in [0.15, 0.2) is 0 Å². The van der Waals surface area contributed by atoms with Crippen molar-refractivity contribution in [2.45, 2.75) is 51.4 Å². The number of hydrogen-bond donors (Lipinski definition) is 1. The molecule has 0 spiro atoms. The van der Waals surface area contributed by atoms with Crippen molar-refractivity contribution in [1.82, 2.24) is 10.2 Å². The van der Waals surface area contributed by atoms with Crippen molar-refractivity contribution in [2.24, 2.45) is 0 Å². The molecule has 1 aliphatic rings. The maximum absolute atomic E-state index is 12.2. The topological polar surface area (TPSA) is 41.6 Å². The van der Waals surface area contributed by atoms with E-state index in [-0.39, 0.29) is 18.6 Å². The lowest BCUT2D eigenvalue weighted by molar-refractivity contribution is -0.153. The number of hydrogen-bond acceptors (Lipinski definition) is 4. The molecule has 0 aromatic rings. The lowest BCUT2D eigenvalue weighted by atomic mass is 10.1. The average Bonchev–Trinajstić information content (AvgIpc) is 2.23. The number of ether oxygens (including phenoxy) is 1. The van der Waals surface area contributed by atoms with E-state index in [1.165, 1.54) is 4.90 Å². The second-order valence-corrected chi connectivity index (χ2v) is 6.13. The summed E-state index contributed by atoms with van der Waals surface area (Å²) in [5, 5.41) is 3.04. The number of rotatable bonds is 4. The normalized spacial score (nSPS) is 19.1. The summed E-state index contributed by atoms with van der Waals surface area (Å²) in [4.78, 5) is 12.9. The summed E-state index contributed by atoms with van der Waals surface area (Å²) in [5.74, 6) is -0.338. The number of nitrogens with one attached hydrogen (secondary N) is 1. The van der Waals surface area contributed by atoms with Crippen molar-refractivity contribution in [3.8, 4) is 0 Å². The molecule has 0 radical (unpaired) electrons. The lowest BCUT2D eigenvalue weighted by Gasteiger charge is -2.32. The molecule has 7 heteroatoms. The first-order chi connectivity index (χ1) is 9.05. The van der Waals surface area contributed by atoms with E-state index in [4.69, 9.17) is 4.74 Å². The standard InChI is InChI=1S/C13H23F3N2O2/c1-12(2,3)20-11(19)8-17-10-4-6-18(7-5-10)9-13(14,15)16/h10,17H,4-9H2,1-3H3. The predicted octanol–water partition coefficient (Wildman–Crippen LogP) is 1.94. The first-order valence-corrected chi connectivity index (χ1v) is 6.79. The van der Waals surface area contributed by atoms with Gasteiger partial charge in [-0.3, -0.25) is 9.69 Å². The van der Waals surface area contributed by atoms with Gasteiger partial charge in [-0.05, 0) is 46.7 Å². The fraction of sp³-hybridized carbons (Fsp3) is 0.923. The van der Waals surface area contributed by atoms with Gasteiger partial charge in [-0.15, -0.1) is 0 Å². The van der Waals surface area contributed by atoms with Crippen LogP contribution in [0.2, 0.25) is 0 Å². The molecule has 0 atom stereocenters. The monoisotopic (exact) mass is 296 g/mol. The van der Waals surface area contributed by atoms with Crippen LogP contribution < -0.4 is 5.32 Å². The Bertz CT molecular complexity index is 319. The minimum absolute atomic E-state index is 0.0759. The molecule has 1 rings (SSSR count). The summed E-state index contributed by atoms with van der Waals surface area (Å²) in [6.07, 6.45) is -2.92. The lowest BCUT2D eigenvalue weighted by Crippen LogP contribution is -2.47. The molecule has 0 aliphatic carbocycles.